The van der Waals surface area contributed by atoms with Crippen molar-refractivity contribution in [2.24, 2.45) is 0 Å². The fourth-order valence-corrected chi connectivity index (χ4v) is 2.78. The predicted molar refractivity (Wildman–Crippen MR) is 72.6 cm³/mol. The topological polar surface area (TPSA) is 49.8 Å². The molecule has 5 heteroatoms. The minimum absolute atomic E-state index is 0.104. The van der Waals surface area contributed by atoms with Gasteiger partial charge in [-0.1, -0.05) is 12.1 Å². The molecule has 1 saturated heterocycles. The van der Waals surface area contributed by atoms with E-state index in [9.17, 15) is 4.79 Å². The van der Waals surface area contributed by atoms with E-state index in [0.717, 1.165) is 17.2 Å². The molecule has 0 aromatic heterocycles. The summed E-state index contributed by atoms with van der Waals surface area (Å²) in [6.07, 6.45) is 2.09. The van der Waals surface area contributed by atoms with E-state index in [1.807, 2.05) is 29.2 Å². The van der Waals surface area contributed by atoms with Crippen molar-refractivity contribution in [3.05, 3.63) is 34.7 Å². The average Bonchev–Trinajstić information content (AvgIpc) is 2.76. The Hall–Kier alpha value is -1.46. The van der Waals surface area contributed by atoms with Gasteiger partial charge < -0.3 is 9.84 Å². The first-order valence-electron chi connectivity index (χ1n) is 5.59. The lowest BCUT2D eigenvalue weighted by atomic mass is 10.2. The molecular weight excluding hydrogens is 250 g/mol. The van der Waals surface area contributed by atoms with Gasteiger partial charge >= 0.3 is 5.97 Å². The smallest absolute Gasteiger partial charge is 0.317 e. The maximum absolute atomic E-state index is 10.6. The van der Waals surface area contributed by atoms with E-state index in [1.165, 1.54) is 4.91 Å². The molecule has 2 rings (SSSR count). The van der Waals surface area contributed by atoms with E-state index in [-0.39, 0.29) is 6.54 Å². The van der Waals surface area contributed by atoms with Gasteiger partial charge in [0.15, 0.2) is 0 Å². The lowest BCUT2D eigenvalue weighted by Gasteiger charge is -2.08. The number of ether oxygens (including phenoxy) is 1. The van der Waals surface area contributed by atoms with Crippen molar-refractivity contribution >= 4 is 23.8 Å². The third-order valence-electron chi connectivity index (χ3n) is 2.61. The zero-order valence-electron chi connectivity index (χ0n) is 10.1. The highest BCUT2D eigenvalue weighted by Gasteiger charge is 2.19. The van der Waals surface area contributed by atoms with Gasteiger partial charge in [0.25, 0.3) is 0 Å². The van der Waals surface area contributed by atoms with E-state index >= 15 is 0 Å². The summed E-state index contributed by atoms with van der Waals surface area (Å²) in [5.41, 5.74) is 1.11. The number of nitrogens with zero attached hydrogens (tertiary/aromatic N) is 1. The first-order chi connectivity index (χ1) is 8.67. The molecule has 1 aromatic carbocycles. The Kier molecular flexibility index (Phi) is 4.28. The van der Waals surface area contributed by atoms with Gasteiger partial charge in [0.05, 0.1) is 13.7 Å². The van der Waals surface area contributed by atoms with Crippen molar-refractivity contribution in [1.29, 1.82) is 0 Å². The van der Waals surface area contributed by atoms with Crippen molar-refractivity contribution < 1.29 is 14.6 Å². The summed E-state index contributed by atoms with van der Waals surface area (Å²) in [5.74, 6) is 0.805. The van der Waals surface area contributed by atoms with Gasteiger partial charge in [0, 0.05) is 17.3 Å². The number of carboxylic acids is 1. The zero-order valence-corrected chi connectivity index (χ0v) is 10.9. The number of carboxylic acid groups (broad SMARTS) is 1. The lowest BCUT2D eigenvalue weighted by molar-refractivity contribution is -0.137. The van der Waals surface area contributed by atoms with Crippen molar-refractivity contribution in [3.8, 4) is 5.75 Å². The predicted octanol–water partition coefficient (Wildman–Crippen LogP) is 2.13. The number of benzene rings is 1. The Morgan fingerprint density at radius 2 is 2.22 bits per heavy atom. The fraction of sp³-hybridized carbons (Fsp3) is 0.308. The molecule has 4 nitrogen and oxygen atoms in total. The Morgan fingerprint density at radius 1 is 1.50 bits per heavy atom. The molecule has 0 amide bonds. The van der Waals surface area contributed by atoms with Crippen LogP contribution in [0.3, 0.4) is 0 Å². The fourth-order valence-electron chi connectivity index (χ4n) is 1.75. The van der Waals surface area contributed by atoms with Crippen LogP contribution in [-0.2, 0) is 4.79 Å². The van der Waals surface area contributed by atoms with Crippen LogP contribution in [0.1, 0.15) is 5.56 Å². The number of hydrogen-bond acceptors (Lipinski definition) is 4. The summed E-state index contributed by atoms with van der Waals surface area (Å²) in [4.78, 5) is 13.7. The number of thioether (sulfide) groups is 1. The molecule has 0 atom stereocenters. The standard InChI is InChI=1S/C13H15NO3S/c1-17-11-4-2-10(3-5-11)6-12-7-14(9-18-12)8-13(15)16/h2-6H,7-9H2,1H3,(H,15,16). The maximum Gasteiger partial charge on any atom is 0.317 e. The van der Waals surface area contributed by atoms with Crippen LogP contribution in [0.15, 0.2) is 29.2 Å². The first kappa shape index (κ1) is 13.0. The van der Waals surface area contributed by atoms with Gasteiger partial charge in [-0.05, 0) is 23.8 Å². The SMILES string of the molecule is COc1ccc(C=C2CN(CC(=O)O)CS2)cc1. The van der Waals surface area contributed by atoms with E-state index in [2.05, 4.69) is 6.08 Å². The molecular formula is C13H15NO3S. The second-order valence-corrected chi connectivity index (χ2v) is 5.11. The van der Waals surface area contributed by atoms with Gasteiger partial charge in [0.1, 0.15) is 5.75 Å². The molecule has 1 N–H and O–H groups in total. The second kappa shape index (κ2) is 5.93. The van der Waals surface area contributed by atoms with E-state index in [4.69, 9.17) is 9.84 Å². The molecule has 0 radical (unpaired) electrons. The normalized spacial score (nSPS) is 18.2. The highest BCUT2D eigenvalue weighted by molar-refractivity contribution is 8.03. The van der Waals surface area contributed by atoms with Crippen molar-refractivity contribution in [1.82, 2.24) is 4.90 Å². The minimum atomic E-state index is -0.777. The Labute approximate surface area is 110 Å². The van der Waals surface area contributed by atoms with Gasteiger partial charge in [-0.3, -0.25) is 9.69 Å². The Bertz CT molecular complexity index is 456. The second-order valence-electron chi connectivity index (χ2n) is 4.04. The number of hydrogen-bond donors (Lipinski definition) is 1. The zero-order chi connectivity index (χ0) is 13.0. The number of aliphatic carboxylic acids is 1. The average molecular weight is 265 g/mol. The summed E-state index contributed by atoms with van der Waals surface area (Å²) >= 11 is 1.69. The van der Waals surface area contributed by atoms with Crippen LogP contribution in [0.5, 0.6) is 5.75 Å². The van der Waals surface area contributed by atoms with Crippen LogP contribution in [-0.4, -0.2) is 42.1 Å². The van der Waals surface area contributed by atoms with Crippen LogP contribution in [0.25, 0.3) is 6.08 Å². The molecule has 0 spiro atoms. The van der Waals surface area contributed by atoms with E-state index in [1.54, 1.807) is 18.9 Å². The van der Waals surface area contributed by atoms with Crippen LogP contribution in [0.2, 0.25) is 0 Å². The monoisotopic (exact) mass is 265 g/mol. The molecule has 18 heavy (non-hydrogen) atoms. The largest absolute Gasteiger partial charge is 0.497 e. The molecule has 0 unspecified atom stereocenters. The molecule has 1 heterocycles. The molecule has 0 bridgehead atoms. The molecule has 1 fully saturated rings. The Balaban J connectivity index is 1.99. The minimum Gasteiger partial charge on any atom is -0.497 e. The van der Waals surface area contributed by atoms with E-state index < -0.39 is 5.97 Å². The van der Waals surface area contributed by atoms with Gasteiger partial charge in [-0.2, -0.15) is 0 Å². The van der Waals surface area contributed by atoms with Crippen molar-refractivity contribution in [3.63, 3.8) is 0 Å². The number of carbonyl (C=O) groups is 1. The van der Waals surface area contributed by atoms with Gasteiger partial charge in [-0.25, -0.2) is 0 Å². The van der Waals surface area contributed by atoms with E-state index in [0.29, 0.717) is 6.54 Å². The van der Waals surface area contributed by atoms with Crippen LogP contribution in [0.4, 0.5) is 0 Å². The molecule has 1 aliphatic heterocycles. The van der Waals surface area contributed by atoms with Crippen LogP contribution < -0.4 is 4.74 Å². The molecule has 96 valence electrons. The molecule has 0 aliphatic carbocycles. The summed E-state index contributed by atoms with van der Waals surface area (Å²) in [5, 5.41) is 8.72. The highest BCUT2D eigenvalue weighted by Crippen LogP contribution is 2.28. The molecule has 0 saturated carbocycles. The molecule has 1 aliphatic rings. The maximum atomic E-state index is 10.6. The van der Waals surface area contributed by atoms with Crippen LogP contribution in [0, 0.1) is 0 Å². The summed E-state index contributed by atoms with van der Waals surface area (Å²) in [6, 6.07) is 7.82. The summed E-state index contributed by atoms with van der Waals surface area (Å²) in [7, 11) is 1.64. The Morgan fingerprint density at radius 3 is 2.83 bits per heavy atom. The van der Waals surface area contributed by atoms with Crippen molar-refractivity contribution in [2.45, 2.75) is 0 Å². The lowest BCUT2D eigenvalue weighted by Crippen LogP contribution is -2.26. The summed E-state index contributed by atoms with van der Waals surface area (Å²) < 4.78 is 5.10. The highest BCUT2D eigenvalue weighted by atomic mass is 32.2. The number of rotatable bonds is 4. The van der Waals surface area contributed by atoms with Gasteiger partial charge in [-0.15, -0.1) is 11.8 Å². The molecule has 1 aromatic rings. The first-order valence-corrected chi connectivity index (χ1v) is 6.57. The van der Waals surface area contributed by atoms with Gasteiger partial charge in [0.2, 0.25) is 0 Å². The third kappa shape index (κ3) is 3.51. The third-order valence-corrected chi connectivity index (χ3v) is 3.73. The van der Waals surface area contributed by atoms with Crippen LogP contribution >= 0.6 is 11.8 Å². The quantitative estimate of drug-likeness (QED) is 0.903. The number of methoxy groups -OCH3 is 1. The summed E-state index contributed by atoms with van der Waals surface area (Å²) in [6.45, 7) is 0.815. The van der Waals surface area contributed by atoms with Crippen molar-refractivity contribution in [2.75, 3.05) is 26.1 Å².